The molecule has 0 unspecified atom stereocenters. The molecule has 1 aromatic carbocycles. The minimum atomic E-state index is -1.02. The summed E-state index contributed by atoms with van der Waals surface area (Å²) in [6.07, 6.45) is 1.16. The second kappa shape index (κ2) is 5.99. The maximum Gasteiger partial charge on any atom is 0.343 e. The van der Waals surface area contributed by atoms with E-state index in [9.17, 15) is 9.90 Å². The summed E-state index contributed by atoms with van der Waals surface area (Å²) < 4.78 is 11.1. The number of carboxylic acid groups (broad SMARTS) is 1. The maximum absolute atomic E-state index is 12.0. The van der Waals surface area contributed by atoms with Gasteiger partial charge in [0, 0.05) is 30.3 Å². The van der Waals surface area contributed by atoms with E-state index >= 15 is 0 Å². The standard InChI is InChI=1S/C19H19ClN2O4/c20-13-3-1-10(2-4-13)17-16(19(23)24)18(21-26-17)22-6-11-5-12-8-25-9-15(12)14(11)7-22/h1-4,11-12,14-15H,5-9H2,(H,23,24)/t11-,12+,14+,15-/m0/s1. The van der Waals surface area contributed by atoms with Crippen LogP contribution < -0.4 is 4.90 Å². The molecule has 0 radical (unpaired) electrons. The first-order valence-corrected chi connectivity index (χ1v) is 9.31. The SMILES string of the molecule is O=C(O)c1c(N2C[C@@H]3C[C@@H]4COC[C@@H]4[C@@H]3C2)noc1-c1ccc(Cl)cc1. The molecule has 3 aliphatic rings. The summed E-state index contributed by atoms with van der Waals surface area (Å²) in [4.78, 5) is 14.0. The van der Waals surface area contributed by atoms with Crippen LogP contribution in [-0.2, 0) is 4.74 Å². The van der Waals surface area contributed by atoms with E-state index in [1.54, 1.807) is 24.3 Å². The zero-order valence-electron chi connectivity index (χ0n) is 14.1. The van der Waals surface area contributed by atoms with Gasteiger partial charge in [-0.1, -0.05) is 16.8 Å². The molecule has 1 aliphatic carbocycles. The van der Waals surface area contributed by atoms with Crippen molar-refractivity contribution in [2.75, 3.05) is 31.2 Å². The number of ether oxygens (including phenoxy) is 1. The first-order valence-electron chi connectivity index (χ1n) is 8.93. The molecule has 2 aliphatic heterocycles. The van der Waals surface area contributed by atoms with Crippen molar-refractivity contribution < 1.29 is 19.2 Å². The number of carboxylic acids is 1. The molecule has 1 aromatic heterocycles. The van der Waals surface area contributed by atoms with E-state index in [1.807, 2.05) is 0 Å². The minimum absolute atomic E-state index is 0.131. The van der Waals surface area contributed by atoms with Gasteiger partial charge in [-0.15, -0.1) is 0 Å². The highest BCUT2D eigenvalue weighted by Crippen LogP contribution is 2.49. The van der Waals surface area contributed by atoms with Crippen LogP contribution in [0.1, 0.15) is 16.8 Å². The van der Waals surface area contributed by atoms with Gasteiger partial charge in [0.15, 0.2) is 17.1 Å². The van der Waals surface area contributed by atoms with E-state index in [-0.39, 0.29) is 11.3 Å². The lowest BCUT2D eigenvalue weighted by atomic mass is 9.91. The van der Waals surface area contributed by atoms with Crippen LogP contribution in [0.3, 0.4) is 0 Å². The molecular weight excluding hydrogens is 356 g/mol. The third-order valence-electron chi connectivity index (χ3n) is 6.19. The number of hydrogen-bond donors (Lipinski definition) is 1. The second-order valence-electron chi connectivity index (χ2n) is 7.55. The van der Waals surface area contributed by atoms with Crippen LogP contribution in [0.5, 0.6) is 0 Å². The summed E-state index contributed by atoms with van der Waals surface area (Å²) >= 11 is 5.93. The van der Waals surface area contributed by atoms with Gasteiger partial charge < -0.3 is 19.3 Å². The number of fused-ring (bicyclic) bond motifs is 3. The second-order valence-corrected chi connectivity index (χ2v) is 7.98. The molecule has 136 valence electrons. The van der Waals surface area contributed by atoms with Gasteiger partial charge in [0.05, 0.1) is 6.61 Å². The first kappa shape index (κ1) is 16.1. The zero-order chi connectivity index (χ0) is 17.8. The predicted octanol–water partition coefficient (Wildman–Crippen LogP) is 3.41. The van der Waals surface area contributed by atoms with Gasteiger partial charge in [0.25, 0.3) is 0 Å². The largest absolute Gasteiger partial charge is 0.477 e. The number of aromatic nitrogens is 1. The van der Waals surface area contributed by atoms with Crippen molar-refractivity contribution in [2.24, 2.45) is 23.7 Å². The van der Waals surface area contributed by atoms with E-state index in [4.69, 9.17) is 20.9 Å². The molecule has 1 saturated carbocycles. The fraction of sp³-hybridized carbons (Fsp3) is 0.474. The van der Waals surface area contributed by atoms with Gasteiger partial charge in [-0.05, 0) is 54.4 Å². The van der Waals surface area contributed by atoms with E-state index in [0.29, 0.717) is 40.1 Å². The Kier molecular flexibility index (Phi) is 3.72. The lowest BCUT2D eigenvalue weighted by molar-refractivity contribution is 0.0698. The fourth-order valence-corrected chi connectivity index (χ4v) is 5.14. The van der Waals surface area contributed by atoms with Crippen molar-refractivity contribution >= 4 is 23.4 Å². The summed E-state index contributed by atoms with van der Waals surface area (Å²) in [5.41, 5.74) is 0.792. The number of rotatable bonds is 3. The summed E-state index contributed by atoms with van der Waals surface area (Å²) in [5, 5.41) is 14.5. The van der Waals surface area contributed by atoms with Crippen molar-refractivity contribution in [2.45, 2.75) is 6.42 Å². The van der Waals surface area contributed by atoms with Crippen LogP contribution >= 0.6 is 11.6 Å². The molecule has 6 nitrogen and oxygen atoms in total. The third-order valence-corrected chi connectivity index (χ3v) is 6.44. The normalized spacial score (nSPS) is 29.8. The summed E-state index contributed by atoms with van der Waals surface area (Å²) in [7, 11) is 0. The highest BCUT2D eigenvalue weighted by Gasteiger charge is 2.51. The molecule has 0 bridgehead atoms. The maximum atomic E-state index is 12.0. The Labute approximate surface area is 155 Å². The molecule has 2 saturated heterocycles. The van der Waals surface area contributed by atoms with Crippen LogP contribution in [0.2, 0.25) is 5.02 Å². The van der Waals surface area contributed by atoms with E-state index in [0.717, 1.165) is 32.7 Å². The number of aromatic carboxylic acids is 1. The Morgan fingerprint density at radius 3 is 2.73 bits per heavy atom. The monoisotopic (exact) mass is 374 g/mol. The number of halogens is 1. The molecule has 5 rings (SSSR count). The van der Waals surface area contributed by atoms with Gasteiger partial charge in [-0.3, -0.25) is 0 Å². The Bertz CT molecular complexity index is 850. The van der Waals surface area contributed by atoms with E-state index in [2.05, 4.69) is 10.1 Å². The molecule has 3 heterocycles. The van der Waals surface area contributed by atoms with Gasteiger partial charge in [0.2, 0.25) is 0 Å². The van der Waals surface area contributed by atoms with Crippen LogP contribution in [0.25, 0.3) is 11.3 Å². The van der Waals surface area contributed by atoms with Crippen molar-refractivity contribution in [3.8, 4) is 11.3 Å². The molecule has 0 spiro atoms. The Morgan fingerprint density at radius 1 is 1.15 bits per heavy atom. The van der Waals surface area contributed by atoms with Gasteiger partial charge in [-0.2, -0.15) is 0 Å². The van der Waals surface area contributed by atoms with Crippen molar-refractivity contribution in [1.82, 2.24) is 5.16 Å². The molecule has 26 heavy (non-hydrogen) atoms. The molecule has 3 fully saturated rings. The molecular formula is C19H19ClN2O4. The van der Waals surface area contributed by atoms with Crippen LogP contribution in [0.4, 0.5) is 5.82 Å². The zero-order valence-corrected chi connectivity index (χ0v) is 14.9. The molecule has 1 N–H and O–H groups in total. The van der Waals surface area contributed by atoms with Crippen molar-refractivity contribution in [3.63, 3.8) is 0 Å². The van der Waals surface area contributed by atoms with E-state index in [1.165, 1.54) is 0 Å². The lowest BCUT2D eigenvalue weighted by Crippen LogP contribution is -2.26. The smallest absolute Gasteiger partial charge is 0.343 e. The fourth-order valence-electron chi connectivity index (χ4n) is 5.01. The van der Waals surface area contributed by atoms with Gasteiger partial charge in [-0.25, -0.2) is 4.79 Å². The number of benzene rings is 1. The molecule has 4 atom stereocenters. The van der Waals surface area contributed by atoms with E-state index < -0.39 is 5.97 Å². The average Bonchev–Trinajstić information content (AvgIpc) is 3.34. The summed E-state index contributed by atoms with van der Waals surface area (Å²) in [6.45, 7) is 3.37. The molecule has 2 aromatic rings. The third kappa shape index (κ3) is 2.43. The van der Waals surface area contributed by atoms with Crippen molar-refractivity contribution in [3.05, 3.63) is 34.9 Å². The molecule has 7 heteroatoms. The quantitative estimate of drug-likeness (QED) is 0.887. The Morgan fingerprint density at radius 2 is 1.96 bits per heavy atom. The average molecular weight is 375 g/mol. The van der Waals surface area contributed by atoms with Crippen molar-refractivity contribution in [1.29, 1.82) is 0 Å². The highest BCUT2D eigenvalue weighted by atomic mass is 35.5. The predicted molar refractivity (Wildman–Crippen MR) is 95.5 cm³/mol. The topological polar surface area (TPSA) is 75.8 Å². The highest BCUT2D eigenvalue weighted by molar-refractivity contribution is 6.30. The minimum Gasteiger partial charge on any atom is -0.477 e. The molecule has 0 amide bonds. The van der Waals surface area contributed by atoms with Crippen LogP contribution in [-0.4, -0.2) is 42.5 Å². The Hall–Kier alpha value is -2.05. The number of anilines is 1. The Balaban J connectivity index is 1.47. The van der Waals surface area contributed by atoms with Crippen LogP contribution in [0, 0.1) is 23.7 Å². The van der Waals surface area contributed by atoms with Gasteiger partial charge >= 0.3 is 5.97 Å². The van der Waals surface area contributed by atoms with Gasteiger partial charge in [0.1, 0.15) is 0 Å². The number of nitrogens with zero attached hydrogens (tertiary/aromatic N) is 2. The summed E-state index contributed by atoms with van der Waals surface area (Å²) in [6, 6.07) is 6.92. The number of carbonyl (C=O) groups is 1. The first-order chi connectivity index (χ1) is 12.6. The lowest BCUT2D eigenvalue weighted by Gasteiger charge is -2.19. The van der Waals surface area contributed by atoms with Crippen LogP contribution in [0.15, 0.2) is 28.8 Å². The number of hydrogen-bond acceptors (Lipinski definition) is 5. The summed E-state index contributed by atoms with van der Waals surface area (Å²) in [5.74, 6) is 2.11.